The van der Waals surface area contributed by atoms with E-state index in [1.807, 2.05) is 18.2 Å². The molecule has 1 heterocycles. The first-order valence-electron chi connectivity index (χ1n) is 14.7. The second kappa shape index (κ2) is 15.1. The molecule has 40 heavy (non-hydrogen) atoms. The van der Waals surface area contributed by atoms with Gasteiger partial charge in [0.15, 0.2) is 11.6 Å². The van der Waals surface area contributed by atoms with Crippen molar-refractivity contribution in [3.63, 3.8) is 0 Å². The smallest absolute Gasteiger partial charge is 0.201 e. The van der Waals surface area contributed by atoms with Crippen molar-refractivity contribution in [1.82, 2.24) is 0 Å². The SMILES string of the molecule is C=CCCC1CCC(c2ccc(-c3ccc(-c4ccc(OCCCCCCCC)c(F)c4F)cc3)cc2F)CO1. The minimum atomic E-state index is -0.969. The van der Waals surface area contributed by atoms with Gasteiger partial charge in [0.05, 0.1) is 19.3 Å². The lowest BCUT2D eigenvalue weighted by molar-refractivity contribution is -0.000784. The Hall–Kier alpha value is -3.05. The summed E-state index contributed by atoms with van der Waals surface area (Å²) in [5.41, 5.74) is 2.93. The predicted molar refractivity (Wildman–Crippen MR) is 157 cm³/mol. The number of allylic oxidation sites excluding steroid dienone is 1. The number of halogens is 3. The number of rotatable bonds is 14. The van der Waals surface area contributed by atoms with Crippen LogP contribution in [0.2, 0.25) is 0 Å². The summed E-state index contributed by atoms with van der Waals surface area (Å²) in [6.45, 7) is 6.83. The minimum absolute atomic E-state index is 0.0482. The summed E-state index contributed by atoms with van der Waals surface area (Å²) in [6.07, 6.45) is 12.4. The van der Waals surface area contributed by atoms with Crippen LogP contribution in [0, 0.1) is 17.5 Å². The van der Waals surface area contributed by atoms with Gasteiger partial charge in [-0.25, -0.2) is 8.78 Å². The molecular formula is C35H41F3O2. The molecule has 1 fully saturated rings. The number of ether oxygens (including phenoxy) is 2. The number of hydrogen-bond acceptors (Lipinski definition) is 2. The number of benzene rings is 3. The molecule has 0 amide bonds. The topological polar surface area (TPSA) is 18.5 Å². The van der Waals surface area contributed by atoms with Gasteiger partial charge in [-0.05, 0) is 72.6 Å². The van der Waals surface area contributed by atoms with E-state index in [9.17, 15) is 8.78 Å². The molecule has 0 saturated carbocycles. The Labute approximate surface area is 237 Å². The lowest BCUT2D eigenvalue weighted by Gasteiger charge is -2.29. The molecule has 2 atom stereocenters. The zero-order valence-electron chi connectivity index (χ0n) is 23.6. The molecule has 1 saturated heterocycles. The molecule has 0 N–H and O–H groups in total. The van der Waals surface area contributed by atoms with Gasteiger partial charge in [0.1, 0.15) is 5.82 Å². The predicted octanol–water partition coefficient (Wildman–Crippen LogP) is 10.4. The van der Waals surface area contributed by atoms with Crippen molar-refractivity contribution >= 4 is 0 Å². The largest absolute Gasteiger partial charge is 0.490 e. The van der Waals surface area contributed by atoms with E-state index in [1.54, 1.807) is 36.4 Å². The quantitative estimate of drug-likeness (QED) is 0.147. The van der Waals surface area contributed by atoms with Crippen LogP contribution >= 0.6 is 0 Å². The van der Waals surface area contributed by atoms with E-state index in [2.05, 4.69) is 13.5 Å². The maximum Gasteiger partial charge on any atom is 0.201 e. The average Bonchev–Trinajstić information content (AvgIpc) is 2.98. The van der Waals surface area contributed by atoms with Crippen LogP contribution in [-0.4, -0.2) is 19.3 Å². The molecule has 0 bridgehead atoms. The van der Waals surface area contributed by atoms with Crippen LogP contribution in [0.15, 0.2) is 67.3 Å². The van der Waals surface area contributed by atoms with Gasteiger partial charge in [-0.3, -0.25) is 0 Å². The van der Waals surface area contributed by atoms with E-state index in [1.165, 1.54) is 25.3 Å². The molecular weight excluding hydrogens is 509 g/mol. The molecule has 0 aliphatic carbocycles. The van der Waals surface area contributed by atoms with Gasteiger partial charge in [-0.1, -0.05) is 81.5 Å². The molecule has 5 heteroatoms. The van der Waals surface area contributed by atoms with E-state index < -0.39 is 11.6 Å². The Kier molecular flexibility index (Phi) is 11.3. The number of unbranched alkanes of at least 4 members (excludes halogenated alkanes) is 5. The summed E-state index contributed by atoms with van der Waals surface area (Å²) in [4.78, 5) is 0. The third-order valence-corrected chi connectivity index (χ3v) is 7.83. The Morgan fingerprint density at radius 3 is 2.27 bits per heavy atom. The summed E-state index contributed by atoms with van der Waals surface area (Å²) < 4.78 is 56.2. The zero-order valence-corrected chi connectivity index (χ0v) is 23.6. The molecule has 0 spiro atoms. The van der Waals surface area contributed by atoms with Crippen molar-refractivity contribution in [3.05, 3.63) is 90.3 Å². The molecule has 2 nitrogen and oxygen atoms in total. The first kappa shape index (κ1) is 29.9. The summed E-state index contributed by atoms with van der Waals surface area (Å²) in [7, 11) is 0. The minimum Gasteiger partial charge on any atom is -0.490 e. The molecule has 0 radical (unpaired) electrons. The van der Waals surface area contributed by atoms with Gasteiger partial charge in [0.25, 0.3) is 0 Å². The summed E-state index contributed by atoms with van der Waals surface area (Å²) >= 11 is 0. The van der Waals surface area contributed by atoms with Crippen molar-refractivity contribution in [2.24, 2.45) is 0 Å². The van der Waals surface area contributed by atoms with Crippen molar-refractivity contribution in [2.45, 2.75) is 83.2 Å². The van der Waals surface area contributed by atoms with Gasteiger partial charge in [0, 0.05) is 11.5 Å². The van der Waals surface area contributed by atoms with Crippen LogP contribution in [0.1, 0.15) is 82.6 Å². The molecule has 214 valence electrons. The Morgan fingerprint density at radius 1 is 0.850 bits per heavy atom. The van der Waals surface area contributed by atoms with Crippen LogP contribution in [0.5, 0.6) is 5.75 Å². The van der Waals surface area contributed by atoms with Gasteiger partial charge in [0.2, 0.25) is 5.82 Å². The molecule has 4 rings (SSSR count). The maximum atomic E-state index is 15.1. The molecule has 3 aromatic carbocycles. The lowest BCUT2D eigenvalue weighted by atomic mass is 9.89. The maximum absolute atomic E-state index is 15.1. The highest BCUT2D eigenvalue weighted by atomic mass is 19.2. The summed E-state index contributed by atoms with van der Waals surface area (Å²) in [5.74, 6) is -2.15. The van der Waals surface area contributed by atoms with Gasteiger partial charge >= 0.3 is 0 Å². The number of hydrogen-bond donors (Lipinski definition) is 0. The molecule has 0 aromatic heterocycles. The normalized spacial score (nSPS) is 17.1. The van der Waals surface area contributed by atoms with E-state index in [0.29, 0.717) is 24.3 Å². The zero-order chi connectivity index (χ0) is 28.3. The van der Waals surface area contributed by atoms with Crippen molar-refractivity contribution in [3.8, 4) is 28.0 Å². The lowest BCUT2D eigenvalue weighted by Crippen LogP contribution is -2.25. The van der Waals surface area contributed by atoms with Crippen molar-refractivity contribution in [1.29, 1.82) is 0 Å². The Morgan fingerprint density at radius 2 is 1.57 bits per heavy atom. The van der Waals surface area contributed by atoms with Crippen LogP contribution in [-0.2, 0) is 4.74 Å². The van der Waals surface area contributed by atoms with E-state index in [0.717, 1.165) is 56.1 Å². The van der Waals surface area contributed by atoms with E-state index in [4.69, 9.17) is 9.47 Å². The van der Waals surface area contributed by atoms with Gasteiger partial charge in [-0.2, -0.15) is 4.39 Å². The van der Waals surface area contributed by atoms with Crippen molar-refractivity contribution < 1.29 is 22.6 Å². The second-order valence-corrected chi connectivity index (χ2v) is 10.8. The van der Waals surface area contributed by atoms with Crippen LogP contribution < -0.4 is 4.74 Å². The van der Waals surface area contributed by atoms with Gasteiger partial charge < -0.3 is 9.47 Å². The highest BCUT2D eigenvalue weighted by molar-refractivity contribution is 5.71. The Bertz CT molecular complexity index is 1230. The standard InChI is InChI=1S/C35H41F3O2/c1-3-5-7-8-9-10-22-39-33-21-20-31(34(37)35(33)38)26-14-12-25(13-15-26)27-17-19-30(32(36)23-27)28-16-18-29(40-24-28)11-6-4-2/h4,12-15,17,19-21,23,28-29H,2-3,5-11,16,18,22,24H2,1H3. The highest BCUT2D eigenvalue weighted by Crippen LogP contribution is 2.35. The molecule has 2 unspecified atom stereocenters. The van der Waals surface area contributed by atoms with Crippen LogP contribution in [0.3, 0.4) is 0 Å². The van der Waals surface area contributed by atoms with Crippen molar-refractivity contribution in [2.75, 3.05) is 13.2 Å². The molecule has 1 aliphatic heterocycles. The van der Waals surface area contributed by atoms with E-state index >= 15 is 4.39 Å². The third kappa shape index (κ3) is 7.78. The average molecular weight is 551 g/mol. The van der Waals surface area contributed by atoms with E-state index in [-0.39, 0.29) is 29.2 Å². The Balaban J connectivity index is 1.36. The first-order valence-corrected chi connectivity index (χ1v) is 14.7. The molecule has 1 aliphatic rings. The second-order valence-electron chi connectivity index (χ2n) is 10.8. The van der Waals surface area contributed by atoms with Crippen LogP contribution in [0.25, 0.3) is 22.3 Å². The fourth-order valence-corrected chi connectivity index (χ4v) is 5.39. The monoisotopic (exact) mass is 550 g/mol. The third-order valence-electron chi connectivity index (χ3n) is 7.83. The first-order chi connectivity index (χ1) is 19.5. The van der Waals surface area contributed by atoms with Crippen LogP contribution in [0.4, 0.5) is 13.2 Å². The molecule has 3 aromatic rings. The highest BCUT2D eigenvalue weighted by Gasteiger charge is 2.25. The van der Waals surface area contributed by atoms with Gasteiger partial charge in [-0.15, -0.1) is 6.58 Å². The summed E-state index contributed by atoms with van der Waals surface area (Å²) in [5, 5.41) is 0. The summed E-state index contributed by atoms with van der Waals surface area (Å²) in [6, 6.07) is 15.4. The fraction of sp³-hybridized carbons (Fsp3) is 0.429. The fourth-order valence-electron chi connectivity index (χ4n) is 5.39.